The summed E-state index contributed by atoms with van der Waals surface area (Å²) in [6, 6.07) is 6.83. The van der Waals surface area contributed by atoms with Crippen molar-refractivity contribution in [2.75, 3.05) is 27.2 Å². The molecule has 0 saturated heterocycles. The molecule has 2 rings (SSSR count). The third-order valence-electron chi connectivity index (χ3n) is 4.00. The van der Waals surface area contributed by atoms with Gasteiger partial charge in [-0.3, -0.25) is 9.59 Å². The topological polar surface area (TPSA) is 93.5 Å². The molecule has 0 saturated carbocycles. The molecule has 27 heavy (non-hydrogen) atoms. The largest absolute Gasteiger partial charge is 0.462 e. The summed E-state index contributed by atoms with van der Waals surface area (Å²) in [5, 5.41) is 6.94. The Bertz CT molecular complexity index is 825. The summed E-state index contributed by atoms with van der Waals surface area (Å²) in [6.07, 6.45) is 1.72. The van der Waals surface area contributed by atoms with E-state index in [-0.39, 0.29) is 24.8 Å². The lowest BCUT2D eigenvalue weighted by Gasteiger charge is -2.11. The van der Waals surface area contributed by atoms with E-state index in [0.29, 0.717) is 23.4 Å². The zero-order chi connectivity index (χ0) is 20.0. The quantitative estimate of drug-likeness (QED) is 0.745. The third kappa shape index (κ3) is 4.93. The highest BCUT2D eigenvalue weighted by Gasteiger charge is 2.16. The molecule has 2 aromatic rings. The summed E-state index contributed by atoms with van der Waals surface area (Å²) in [4.78, 5) is 37.0. The lowest BCUT2D eigenvalue weighted by molar-refractivity contribution is -0.128. The van der Waals surface area contributed by atoms with E-state index < -0.39 is 5.97 Å². The molecular formula is C19H24N4O4. The zero-order valence-electron chi connectivity index (χ0n) is 16.0. The van der Waals surface area contributed by atoms with E-state index in [9.17, 15) is 14.4 Å². The minimum Gasteiger partial charge on any atom is -0.462 e. The maximum atomic E-state index is 12.2. The van der Waals surface area contributed by atoms with Crippen molar-refractivity contribution in [1.29, 1.82) is 0 Å². The van der Waals surface area contributed by atoms with Crippen molar-refractivity contribution in [2.24, 2.45) is 0 Å². The van der Waals surface area contributed by atoms with Crippen molar-refractivity contribution >= 4 is 17.8 Å². The molecule has 0 radical (unpaired) electrons. The average molecular weight is 372 g/mol. The highest BCUT2D eigenvalue weighted by Crippen LogP contribution is 2.16. The fraction of sp³-hybridized carbons (Fsp3) is 0.368. The van der Waals surface area contributed by atoms with Crippen molar-refractivity contribution in [2.45, 2.75) is 20.3 Å². The van der Waals surface area contributed by atoms with Crippen LogP contribution < -0.4 is 5.32 Å². The number of hydrogen-bond acceptors (Lipinski definition) is 5. The molecule has 0 aliphatic rings. The molecule has 1 N–H and O–H groups in total. The number of nitrogens with one attached hydrogen (secondary N) is 1. The number of rotatable bonds is 7. The van der Waals surface area contributed by atoms with Crippen LogP contribution in [0.4, 0.5) is 0 Å². The highest BCUT2D eigenvalue weighted by atomic mass is 16.5. The van der Waals surface area contributed by atoms with Crippen LogP contribution in [0.25, 0.3) is 5.69 Å². The van der Waals surface area contributed by atoms with Crippen LogP contribution in [0.1, 0.15) is 39.8 Å². The zero-order valence-corrected chi connectivity index (χ0v) is 16.0. The van der Waals surface area contributed by atoms with Crippen LogP contribution in [-0.4, -0.2) is 59.7 Å². The van der Waals surface area contributed by atoms with E-state index in [1.165, 1.54) is 11.1 Å². The van der Waals surface area contributed by atoms with Gasteiger partial charge in [0.05, 0.1) is 24.2 Å². The molecule has 0 bridgehead atoms. The molecule has 1 aromatic heterocycles. The Morgan fingerprint density at radius 1 is 1.19 bits per heavy atom. The Kier molecular flexibility index (Phi) is 6.70. The van der Waals surface area contributed by atoms with Crippen molar-refractivity contribution < 1.29 is 19.1 Å². The molecule has 0 aliphatic carbocycles. The number of aromatic nitrogens is 2. The number of hydrogen-bond donors (Lipinski definition) is 1. The van der Waals surface area contributed by atoms with E-state index >= 15 is 0 Å². The summed E-state index contributed by atoms with van der Waals surface area (Å²) in [6.45, 7) is 4.10. The lowest BCUT2D eigenvalue weighted by Crippen LogP contribution is -2.30. The summed E-state index contributed by atoms with van der Waals surface area (Å²) in [5.41, 5.74) is 2.27. The minimum absolute atomic E-state index is 0.0443. The van der Waals surface area contributed by atoms with Gasteiger partial charge in [0.25, 0.3) is 5.91 Å². The van der Waals surface area contributed by atoms with Crippen LogP contribution >= 0.6 is 0 Å². The number of esters is 1. The predicted molar refractivity (Wildman–Crippen MR) is 99.9 cm³/mol. The summed E-state index contributed by atoms with van der Waals surface area (Å²) in [5.74, 6) is -0.709. The highest BCUT2D eigenvalue weighted by molar-refractivity contribution is 5.94. The molecule has 0 aliphatic heterocycles. The lowest BCUT2D eigenvalue weighted by atomic mass is 10.2. The van der Waals surface area contributed by atoms with Crippen molar-refractivity contribution in [3.8, 4) is 5.69 Å². The first kappa shape index (κ1) is 20.2. The molecular weight excluding hydrogens is 348 g/mol. The Morgan fingerprint density at radius 3 is 2.44 bits per heavy atom. The second kappa shape index (κ2) is 8.98. The Morgan fingerprint density at radius 2 is 1.85 bits per heavy atom. The van der Waals surface area contributed by atoms with Gasteiger partial charge in [0.1, 0.15) is 5.56 Å². The molecule has 8 nitrogen and oxygen atoms in total. The molecule has 8 heteroatoms. The second-order valence-electron chi connectivity index (χ2n) is 6.12. The minimum atomic E-state index is -0.412. The van der Waals surface area contributed by atoms with E-state index in [1.807, 2.05) is 0 Å². The van der Waals surface area contributed by atoms with Crippen molar-refractivity contribution in [3.63, 3.8) is 0 Å². The van der Waals surface area contributed by atoms with E-state index in [2.05, 4.69) is 10.4 Å². The Labute approximate surface area is 158 Å². The van der Waals surface area contributed by atoms with Crippen LogP contribution in [0.2, 0.25) is 0 Å². The first-order valence-electron chi connectivity index (χ1n) is 8.65. The van der Waals surface area contributed by atoms with Gasteiger partial charge in [-0.1, -0.05) is 0 Å². The Hall–Kier alpha value is -3.16. The van der Waals surface area contributed by atoms with Crippen LogP contribution in [-0.2, 0) is 9.53 Å². The van der Waals surface area contributed by atoms with Gasteiger partial charge >= 0.3 is 5.97 Å². The van der Waals surface area contributed by atoms with Crippen LogP contribution in [0.15, 0.2) is 30.5 Å². The standard InChI is InChI=1S/C19H24N4O4/c1-5-27-19(26)16-12-21-23(13(16)2)15-8-6-14(7-9-15)18(25)20-11-10-17(24)22(3)4/h6-9,12H,5,10-11H2,1-4H3,(H,20,25). The molecule has 1 aromatic carbocycles. The number of benzene rings is 1. The monoisotopic (exact) mass is 372 g/mol. The SMILES string of the molecule is CCOC(=O)c1cnn(-c2ccc(C(=O)NCCC(=O)N(C)C)cc2)c1C. The van der Waals surface area contributed by atoms with Gasteiger partial charge in [0.2, 0.25) is 5.91 Å². The van der Waals surface area contributed by atoms with Gasteiger partial charge in [-0.05, 0) is 38.1 Å². The van der Waals surface area contributed by atoms with Gasteiger partial charge in [-0.2, -0.15) is 5.10 Å². The maximum absolute atomic E-state index is 12.2. The van der Waals surface area contributed by atoms with Crippen LogP contribution in [0, 0.1) is 6.92 Å². The summed E-state index contributed by atoms with van der Waals surface area (Å²) in [7, 11) is 3.35. The van der Waals surface area contributed by atoms with E-state index in [1.54, 1.807) is 56.9 Å². The van der Waals surface area contributed by atoms with Gasteiger partial charge in [0.15, 0.2) is 0 Å². The van der Waals surface area contributed by atoms with Crippen LogP contribution in [0.3, 0.4) is 0 Å². The molecule has 0 atom stereocenters. The van der Waals surface area contributed by atoms with Gasteiger partial charge < -0.3 is 15.0 Å². The number of ether oxygens (including phenoxy) is 1. The molecule has 2 amide bonds. The second-order valence-corrected chi connectivity index (χ2v) is 6.12. The van der Waals surface area contributed by atoms with E-state index in [0.717, 1.165) is 5.69 Å². The fourth-order valence-electron chi connectivity index (χ4n) is 2.44. The fourth-order valence-corrected chi connectivity index (χ4v) is 2.44. The molecule has 0 fully saturated rings. The normalized spacial score (nSPS) is 10.4. The Balaban J connectivity index is 2.04. The molecule has 0 spiro atoms. The number of nitrogens with zero attached hydrogens (tertiary/aromatic N) is 3. The molecule has 144 valence electrons. The summed E-state index contributed by atoms with van der Waals surface area (Å²) >= 11 is 0. The van der Waals surface area contributed by atoms with Gasteiger partial charge in [-0.25, -0.2) is 9.48 Å². The van der Waals surface area contributed by atoms with Crippen molar-refractivity contribution in [3.05, 3.63) is 47.3 Å². The predicted octanol–water partition coefficient (Wildman–Crippen LogP) is 1.57. The number of amides is 2. The smallest absolute Gasteiger partial charge is 0.341 e. The van der Waals surface area contributed by atoms with Crippen LogP contribution in [0.5, 0.6) is 0 Å². The summed E-state index contributed by atoms with van der Waals surface area (Å²) < 4.78 is 6.62. The van der Waals surface area contributed by atoms with Crippen molar-refractivity contribution in [1.82, 2.24) is 20.0 Å². The van der Waals surface area contributed by atoms with Gasteiger partial charge in [0, 0.05) is 32.6 Å². The number of carbonyl (C=O) groups excluding carboxylic acids is 3. The molecule has 1 heterocycles. The van der Waals surface area contributed by atoms with Gasteiger partial charge in [-0.15, -0.1) is 0 Å². The third-order valence-corrected chi connectivity index (χ3v) is 4.00. The molecule has 0 unspecified atom stereocenters. The first-order chi connectivity index (χ1) is 12.8. The average Bonchev–Trinajstić information content (AvgIpc) is 3.03. The van der Waals surface area contributed by atoms with E-state index in [4.69, 9.17) is 4.74 Å². The maximum Gasteiger partial charge on any atom is 0.341 e. The number of carbonyl (C=O) groups is 3. The first-order valence-corrected chi connectivity index (χ1v) is 8.65.